The lowest BCUT2D eigenvalue weighted by atomic mass is 9.85. The first-order chi connectivity index (χ1) is 9.11. The van der Waals surface area contributed by atoms with E-state index in [0.717, 1.165) is 32.2 Å². The Morgan fingerprint density at radius 3 is 2.47 bits per heavy atom. The van der Waals surface area contributed by atoms with Crippen LogP contribution < -0.4 is 5.32 Å². The monoisotopic (exact) mass is 267 g/mol. The summed E-state index contributed by atoms with van der Waals surface area (Å²) in [7, 11) is 3.80. The lowest BCUT2D eigenvalue weighted by molar-refractivity contribution is -0.0489. The number of methoxy groups -OCH3 is 1. The minimum atomic E-state index is -0.0573. The summed E-state index contributed by atoms with van der Waals surface area (Å²) in [5, 5.41) is 7.83. The van der Waals surface area contributed by atoms with Crippen LogP contribution in [0.1, 0.15) is 45.6 Å². The Bertz CT molecular complexity index is 350. The van der Waals surface area contributed by atoms with Crippen LogP contribution in [0.25, 0.3) is 0 Å². The highest BCUT2D eigenvalue weighted by atomic mass is 16.5. The second kappa shape index (κ2) is 7.65. The predicted octanol–water partition coefficient (Wildman–Crippen LogP) is 2.54. The van der Waals surface area contributed by atoms with E-state index in [1.54, 1.807) is 0 Å². The molecule has 0 saturated heterocycles. The van der Waals surface area contributed by atoms with Crippen LogP contribution in [0.4, 0.5) is 0 Å². The van der Waals surface area contributed by atoms with Crippen molar-refractivity contribution in [3.8, 4) is 0 Å². The van der Waals surface area contributed by atoms with Crippen molar-refractivity contribution in [1.82, 2.24) is 15.1 Å². The quantitative estimate of drug-likeness (QED) is 0.747. The van der Waals surface area contributed by atoms with E-state index < -0.39 is 0 Å². The molecule has 0 saturated carbocycles. The Morgan fingerprint density at radius 1 is 1.37 bits per heavy atom. The number of aryl methyl sites for hydroxylation is 2. The molecule has 1 aromatic rings. The van der Waals surface area contributed by atoms with Gasteiger partial charge < -0.3 is 10.1 Å². The summed E-state index contributed by atoms with van der Waals surface area (Å²) in [4.78, 5) is 0. The average Bonchev–Trinajstić information content (AvgIpc) is 2.84. The molecule has 1 N–H and O–H groups in total. The molecule has 110 valence electrons. The average molecular weight is 267 g/mol. The van der Waals surface area contributed by atoms with Crippen molar-refractivity contribution >= 4 is 0 Å². The summed E-state index contributed by atoms with van der Waals surface area (Å²) < 4.78 is 7.72. The fourth-order valence-corrected chi connectivity index (χ4v) is 2.88. The predicted molar refractivity (Wildman–Crippen MR) is 79.3 cm³/mol. The number of nitrogens with one attached hydrogen (secondary N) is 1. The molecule has 0 radical (unpaired) electrons. The van der Waals surface area contributed by atoms with Crippen molar-refractivity contribution in [3.05, 3.63) is 18.0 Å². The highest BCUT2D eigenvalue weighted by Crippen LogP contribution is 2.27. The molecule has 1 atom stereocenters. The van der Waals surface area contributed by atoms with Gasteiger partial charge in [-0.15, -0.1) is 0 Å². The molecule has 0 bridgehead atoms. The topological polar surface area (TPSA) is 39.1 Å². The molecular weight excluding hydrogens is 238 g/mol. The van der Waals surface area contributed by atoms with Crippen LogP contribution in [0, 0.1) is 0 Å². The lowest BCUT2D eigenvalue weighted by Crippen LogP contribution is -2.51. The summed E-state index contributed by atoms with van der Waals surface area (Å²) in [5.74, 6) is 0. The van der Waals surface area contributed by atoms with E-state index in [4.69, 9.17) is 4.74 Å². The Labute approximate surface area is 117 Å². The van der Waals surface area contributed by atoms with Crippen molar-refractivity contribution < 1.29 is 4.74 Å². The van der Waals surface area contributed by atoms with Gasteiger partial charge in [0.25, 0.3) is 0 Å². The molecule has 0 aromatic carbocycles. The minimum Gasteiger partial charge on any atom is -0.377 e. The van der Waals surface area contributed by atoms with Crippen LogP contribution in [0.2, 0.25) is 0 Å². The van der Waals surface area contributed by atoms with Crippen LogP contribution >= 0.6 is 0 Å². The molecule has 0 spiro atoms. The first kappa shape index (κ1) is 16.2. The standard InChI is InChI=1S/C15H29N3O/c1-6-15(7-2,19-5)14(16-8-3)10-9-13-11-17-18(4)12-13/h11-12,14,16H,6-10H2,1-5H3. The Hall–Kier alpha value is -0.870. The SMILES string of the molecule is CCNC(CCc1cnn(C)c1)C(CC)(CC)OC. The largest absolute Gasteiger partial charge is 0.377 e. The molecule has 1 aromatic heterocycles. The number of ether oxygens (including phenoxy) is 1. The van der Waals surface area contributed by atoms with Crippen LogP contribution in [0.5, 0.6) is 0 Å². The Balaban J connectivity index is 2.70. The first-order valence-corrected chi connectivity index (χ1v) is 7.37. The van der Waals surface area contributed by atoms with Gasteiger partial charge in [-0.3, -0.25) is 4.68 Å². The first-order valence-electron chi connectivity index (χ1n) is 7.37. The highest BCUT2D eigenvalue weighted by molar-refractivity contribution is 5.05. The highest BCUT2D eigenvalue weighted by Gasteiger charge is 2.34. The van der Waals surface area contributed by atoms with E-state index >= 15 is 0 Å². The summed E-state index contributed by atoms with van der Waals surface area (Å²) >= 11 is 0. The van der Waals surface area contributed by atoms with Gasteiger partial charge in [-0.1, -0.05) is 20.8 Å². The summed E-state index contributed by atoms with van der Waals surface area (Å²) in [6.07, 6.45) is 8.23. The maximum atomic E-state index is 5.86. The molecule has 1 heterocycles. The second-order valence-electron chi connectivity index (χ2n) is 5.15. The van der Waals surface area contributed by atoms with Crippen LogP contribution in [0.15, 0.2) is 12.4 Å². The maximum Gasteiger partial charge on any atom is 0.0825 e. The lowest BCUT2D eigenvalue weighted by Gasteiger charge is -2.39. The van der Waals surface area contributed by atoms with E-state index in [0.29, 0.717) is 6.04 Å². The third-order valence-electron chi connectivity index (χ3n) is 4.17. The van der Waals surface area contributed by atoms with Crippen LogP contribution in [0.3, 0.4) is 0 Å². The number of hydrogen-bond donors (Lipinski definition) is 1. The summed E-state index contributed by atoms with van der Waals surface area (Å²) in [5.41, 5.74) is 1.24. The number of aromatic nitrogens is 2. The van der Waals surface area contributed by atoms with Gasteiger partial charge in [-0.25, -0.2) is 0 Å². The normalized spacial score (nSPS) is 13.7. The van der Waals surface area contributed by atoms with E-state index in [2.05, 4.69) is 37.4 Å². The molecule has 0 aliphatic rings. The molecule has 0 aliphatic heterocycles. The van der Waals surface area contributed by atoms with Gasteiger partial charge in [0.05, 0.1) is 11.8 Å². The van der Waals surface area contributed by atoms with Crippen LogP contribution in [-0.4, -0.2) is 35.1 Å². The van der Waals surface area contributed by atoms with Gasteiger partial charge in [-0.2, -0.15) is 5.10 Å². The van der Waals surface area contributed by atoms with Crippen LogP contribution in [-0.2, 0) is 18.2 Å². The van der Waals surface area contributed by atoms with Crippen molar-refractivity contribution in [2.45, 2.75) is 58.1 Å². The second-order valence-corrected chi connectivity index (χ2v) is 5.15. The maximum absolute atomic E-state index is 5.86. The number of nitrogens with zero attached hydrogens (tertiary/aromatic N) is 2. The zero-order valence-corrected chi connectivity index (χ0v) is 13.1. The molecule has 1 rings (SSSR count). The third-order valence-corrected chi connectivity index (χ3v) is 4.17. The Kier molecular flexibility index (Phi) is 6.52. The zero-order valence-electron chi connectivity index (χ0n) is 13.1. The van der Waals surface area contributed by atoms with E-state index in [9.17, 15) is 0 Å². The van der Waals surface area contributed by atoms with Gasteiger partial charge in [0.1, 0.15) is 0 Å². The van der Waals surface area contributed by atoms with E-state index in [1.165, 1.54) is 5.56 Å². The molecule has 19 heavy (non-hydrogen) atoms. The summed E-state index contributed by atoms with van der Waals surface area (Å²) in [6.45, 7) is 7.55. The van der Waals surface area contributed by atoms with Gasteiger partial charge in [0, 0.05) is 26.4 Å². The van der Waals surface area contributed by atoms with Gasteiger partial charge in [-0.05, 0) is 37.8 Å². The van der Waals surface area contributed by atoms with Crippen molar-refractivity contribution in [3.63, 3.8) is 0 Å². The van der Waals surface area contributed by atoms with Gasteiger partial charge in [0.15, 0.2) is 0 Å². The number of likely N-dealkylation sites (N-methyl/N-ethyl adjacent to an activating group) is 1. The fourth-order valence-electron chi connectivity index (χ4n) is 2.88. The molecule has 0 aliphatic carbocycles. The molecule has 1 unspecified atom stereocenters. The van der Waals surface area contributed by atoms with Gasteiger partial charge >= 0.3 is 0 Å². The summed E-state index contributed by atoms with van der Waals surface area (Å²) in [6, 6.07) is 0.387. The molecule has 0 amide bonds. The third kappa shape index (κ3) is 4.05. The molecule has 0 fully saturated rings. The Morgan fingerprint density at radius 2 is 2.05 bits per heavy atom. The van der Waals surface area contributed by atoms with Gasteiger partial charge in [0.2, 0.25) is 0 Å². The molecule has 4 nitrogen and oxygen atoms in total. The number of hydrogen-bond acceptors (Lipinski definition) is 3. The molecule has 4 heteroatoms. The van der Waals surface area contributed by atoms with Crippen molar-refractivity contribution in [2.24, 2.45) is 7.05 Å². The fraction of sp³-hybridized carbons (Fsp3) is 0.800. The minimum absolute atomic E-state index is 0.0573. The van der Waals surface area contributed by atoms with E-state index in [1.807, 2.05) is 25.0 Å². The molecular formula is C15H29N3O. The smallest absolute Gasteiger partial charge is 0.0825 e. The van der Waals surface area contributed by atoms with E-state index in [-0.39, 0.29) is 5.60 Å². The van der Waals surface area contributed by atoms with Crippen molar-refractivity contribution in [1.29, 1.82) is 0 Å². The van der Waals surface area contributed by atoms with Crippen molar-refractivity contribution in [2.75, 3.05) is 13.7 Å². The number of rotatable bonds is 9. The zero-order chi connectivity index (χ0) is 14.3.